The molecule has 2 aliphatic rings. The van der Waals surface area contributed by atoms with Crippen molar-refractivity contribution in [2.24, 2.45) is 17.3 Å². The molecule has 3 nitrogen and oxygen atoms in total. The molecular weight excluding hydrogens is 389 g/mol. The van der Waals surface area contributed by atoms with Crippen molar-refractivity contribution < 1.29 is 18.0 Å². The summed E-state index contributed by atoms with van der Waals surface area (Å²) < 4.78 is 43.8. The Hall–Kier alpha value is -2.50. The van der Waals surface area contributed by atoms with Gasteiger partial charge in [0.25, 0.3) is 0 Å². The fraction of sp³-hybridized carbons (Fsp3) is 0.458. The van der Waals surface area contributed by atoms with Crippen LogP contribution in [0.1, 0.15) is 26.7 Å². The normalized spacial score (nSPS) is 28.7. The van der Waals surface area contributed by atoms with Crippen LogP contribution in [0.25, 0.3) is 0 Å². The molecule has 0 amide bonds. The molecule has 1 aliphatic carbocycles. The molecule has 4 atom stereocenters. The second kappa shape index (κ2) is 7.64. The van der Waals surface area contributed by atoms with E-state index in [9.17, 15) is 18.0 Å². The van der Waals surface area contributed by atoms with Crippen LogP contribution in [-0.4, -0.2) is 31.2 Å². The fourth-order valence-corrected chi connectivity index (χ4v) is 5.38. The van der Waals surface area contributed by atoms with Gasteiger partial charge in [-0.25, -0.2) is 0 Å². The van der Waals surface area contributed by atoms with Crippen LogP contribution in [0.15, 0.2) is 60.7 Å². The molecule has 6 heteroatoms. The van der Waals surface area contributed by atoms with Gasteiger partial charge in [-0.1, -0.05) is 50.2 Å². The van der Waals surface area contributed by atoms with E-state index in [0.29, 0.717) is 24.2 Å². The molecular formula is C24H27F3N2O. The zero-order valence-corrected chi connectivity index (χ0v) is 17.2. The van der Waals surface area contributed by atoms with Crippen LogP contribution in [0, 0.1) is 17.3 Å². The number of benzene rings is 2. The number of anilines is 2. The van der Waals surface area contributed by atoms with Gasteiger partial charge in [-0.05, 0) is 42.5 Å². The van der Waals surface area contributed by atoms with E-state index >= 15 is 0 Å². The molecule has 0 radical (unpaired) electrons. The lowest BCUT2D eigenvalue weighted by atomic mass is 9.63. The number of para-hydroxylation sites is 2. The van der Waals surface area contributed by atoms with Gasteiger partial charge in [0.2, 0.25) is 6.17 Å². The Labute approximate surface area is 175 Å². The lowest BCUT2D eigenvalue weighted by molar-refractivity contribution is -0.157. The van der Waals surface area contributed by atoms with Gasteiger partial charge < -0.3 is 14.6 Å². The van der Waals surface area contributed by atoms with E-state index in [0.717, 1.165) is 6.29 Å². The maximum Gasteiger partial charge on any atom is 0.427 e. The highest BCUT2D eigenvalue weighted by molar-refractivity contribution is 5.61. The van der Waals surface area contributed by atoms with Crippen LogP contribution in [0.4, 0.5) is 24.5 Å². The zero-order valence-electron chi connectivity index (χ0n) is 17.2. The number of carbonyl (C=O) groups is 1. The Kier molecular flexibility index (Phi) is 5.28. The second-order valence-electron chi connectivity index (χ2n) is 9.25. The number of carbonyl (C=O) groups excluding carboxylic acids is 1. The first-order valence-electron chi connectivity index (χ1n) is 10.4. The minimum atomic E-state index is -4.46. The predicted molar refractivity (Wildman–Crippen MR) is 112 cm³/mol. The van der Waals surface area contributed by atoms with Crippen LogP contribution >= 0.6 is 0 Å². The summed E-state index contributed by atoms with van der Waals surface area (Å²) >= 11 is 0. The highest BCUT2D eigenvalue weighted by atomic mass is 19.4. The largest absolute Gasteiger partial charge is 0.427 e. The van der Waals surface area contributed by atoms with Crippen molar-refractivity contribution in [2.75, 3.05) is 16.3 Å². The van der Waals surface area contributed by atoms with Gasteiger partial charge >= 0.3 is 6.18 Å². The summed E-state index contributed by atoms with van der Waals surface area (Å²) in [6, 6.07) is 17.2. The van der Waals surface area contributed by atoms with Gasteiger partial charge in [0.15, 0.2) is 0 Å². The molecule has 2 aromatic carbocycles. The molecule has 1 aliphatic heterocycles. The van der Waals surface area contributed by atoms with Crippen molar-refractivity contribution in [3.05, 3.63) is 60.7 Å². The summed E-state index contributed by atoms with van der Waals surface area (Å²) in [7, 11) is 0. The van der Waals surface area contributed by atoms with E-state index in [1.54, 1.807) is 54.6 Å². The SMILES string of the molecule is CC1(C)CC(C=O)C2CN(c3ccccc3)C(C(F)(F)F)N(c3ccccc3)C2C1. The van der Waals surface area contributed by atoms with Crippen LogP contribution in [-0.2, 0) is 4.79 Å². The van der Waals surface area contributed by atoms with Gasteiger partial charge in [-0.3, -0.25) is 0 Å². The third-order valence-electron chi connectivity index (χ3n) is 6.53. The number of hydrogen-bond acceptors (Lipinski definition) is 3. The topological polar surface area (TPSA) is 23.6 Å². The minimum Gasteiger partial charge on any atom is -0.343 e. The number of halogens is 3. The third kappa shape index (κ3) is 3.80. The molecule has 0 spiro atoms. The number of hydrogen-bond donors (Lipinski definition) is 0. The minimum absolute atomic E-state index is 0.172. The highest BCUT2D eigenvalue weighted by Gasteiger charge is 2.57. The molecule has 0 bridgehead atoms. The summed E-state index contributed by atoms with van der Waals surface area (Å²) in [6.45, 7) is 4.31. The maximum atomic E-state index is 14.6. The number of nitrogens with zero attached hydrogens (tertiary/aromatic N) is 2. The van der Waals surface area contributed by atoms with Crippen LogP contribution < -0.4 is 9.80 Å². The monoisotopic (exact) mass is 416 g/mol. The predicted octanol–water partition coefficient (Wildman–Crippen LogP) is 5.52. The molecule has 30 heavy (non-hydrogen) atoms. The molecule has 4 rings (SSSR count). The number of rotatable bonds is 3. The number of aldehydes is 1. The summed E-state index contributed by atoms with van der Waals surface area (Å²) in [5, 5.41) is 0. The van der Waals surface area contributed by atoms with Gasteiger partial charge in [0.1, 0.15) is 6.29 Å². The molecule has 0 aromatic heterocycles. The fourth-order valence-electron chi connectivity index (χ4n) is 5.38. The Balaban J connectivity index is 1.89. The molecule has 2 aromatic rings. The lowest BCUT2D eigenvalue weighted by Gasteiger charge is -2.58. The quantitative estimate of drug-likeness (QED) is 0.616. The Morgan fingerprint density at radius 1 is 0.933 bits per heavy atom. The summed E-state index contributed by atoms with van der Waals surface area (Å²) in [5.41, 5.74) is 0.858. The van der Waals surface area contributed by atoms with Crippen LogP contribution in [0.2, 0.25) is 0 Å². The summed E-state index contributed by atoms with van der Waals surface area (Å²) in [6.07, 6.45) is -3.98. The second-order valence-corrected chi connectivity index (χ2v) is 9.25. The average molecular weight is 416 g/mol. The van der Waals surface area contributed by atoms with E-state index in [4.69, 9.17) is 0 Å². The molecule has 1 saturated carbocycles. The van der Waals surface area contributed by atoms with Crippen molar-refractivity contribution in [1.82, 2.24) is 0 Å². The molecule has 4 unspecified atom stereocenters. The first-order valence-corrected chi connectivity index (χ1v) is 10.4. The Morgan fingerprint density at radius 2 is 1.50 bits per heavy atom. The number of fused-ring (bicyclic) bond motifs is 1. The Bertz CT molecular complexity index is 869. The van der Waals surface area contributed by atoms with Crippen molar-refractivity contribution >= 4 is 17.7 Å². The van der Waals surface area contributed by atoms with Crippen molar-refractivity contribution in [3.8, 4) is 0 Å². The molecule has 2 fully saturated rings. The highest BCUT2D eigenvalue weighted by Crippen LogP contribution is 2.50. The van der Waals surface area contributed by atoms with Gasteiger partial charge in [-0.15, -0.1) is 0 Å². The lowest BCUT2D eigenvalue weighted by Crippen LogP contribution is -2.70. The van der Waals surface area contributed by atoms with Crippen molar-refractivity contribution in [2.45, 2.75) is 45.1 Å². The maximum absolute atomic E-state index is 14.6. The molecule has 0 N–H and O–H groups in total. The molecule has 1 heterocycles. The first kappa shape index (κ1) is 20.8. The average Bonchev–Trinajstić information content (AvgIpc) is 2.72. The van der Waals surface area contributed by atoms with E-state index in [2.05, 4.69) is 13.8 Å². The van der Waals surface area contributed by atoms with Gasteiger partial charge in [0, 0.05) is 35.8 Å². The van der Waals surface area contributed by atoms with Crippen molar-refractivity contribution in [3.63, 3.8) is 0 Å². The Morgan fingerprint density at radius 3 is 2.03 bits per heavy atom. The summed E-state index contributed by atoms with van der Waals surface area (Å²) in [5.74, 6) is -0.445. The molecule has 1 saturated heterocycles. The van der Waals surface area contributed by atoms with E-state index in [-0.39, 0.29) is 29.8 Å². The number of alkyl halides is 3. The standard InChI is InChI=1S/C24H27F3N2O/c1-23(2)13-17(16-30)20-15-28(18-9-5-3-6-10-18)22(24(25,26)27)29(21(20)14-23)19-11-7-4-8-12-19/h3-12,16-17,20-22H,13-15H2,1-2H3. The van der Waals surface area contributed by atoms with Crippen molar-refractivity contribution in [1.29, 1.82) is 0 Å². The van der Waals surface area contributed by atoms with Crippen LogP contribution in [0.5, 0.6) is 0 Å². The van der Waals surface area contributed by atoms with E-state index in [1.807, 2.05) is 6.07 Å². The zero-order chi connectivity index (χ0) is 21.5. The van der Waals surface area contributed by atoms with Gasteiger partial charge in [-0.2, -0.15) is 13.2 Å². The molecule has 160 valence electrons. The first-order chi connectivity index (χ1) is 14.2. The smallest absolute Gasteiger partial charge is 0.343 e. The van der Waals surface area contributed by atoms with E-state index < -0.39 is 12.3 Å². The van der Waals surface area contributed by atoms with Crippen LogP contribution in [0.3, 0.4) is 0 Å². The van der Waals surface area contributed by atoms with E-state index in [1.165, 1.54) is 9.80 Å². The third-order valence-corrected chi connectivity index (χ3v) is 6.53. The van der Waals surface area contributed by atoms with Gasteiger partial charge in [0.05, 0.1) is 0 Å². The summed E-state index contributed by atoms with van der Waals surface area (Å²) in [4.78, 5) is 15.0.